The summed E-state index contributed by atoms with van der Waals surface area (Å²) in [6, 6.07) is 9.24. The van der Waals surface area contributed by atoms with E-state index in [1.165, 1.54) is 17.7 Å². The minimum Gasteiger partial charge on any atom is -0.443 e. The van der Waals surface area contributed by atoms with Gasteiger partial charge in [-0.25, -0.2) is 10.5 Å². The Kier molecular flexibility index (Phi) is 14.0. The van der Waals surface area contributed by atoms with E-state index >= 15 is 0 Å². The number of nitrogens with one attached hydrogen (secondary N) is 1. The average molecular weight is 529 g/mol. The quantitative estimate of drug-likeness (QED) is 0.321. The number of carbonyl (C=O) groups excluding carboxylic acids is 1. The zero-order valence-electron chi connectivity index (χ0n) is 19.8. The molecule has 0 amide bonds. The maximum atomic E-state index is 11.6. The Morgan fingerprint density at radius 1 is 1.16 bits per heavy atom. The minimum atomic E-state index is -4.64. The zero-order chi connectivity index (χ0) is 26.4. The topological polar surface area (TPSA) is 110 Å². The second kappa shape index (κ2) is 16.4. The van der Waals surface area contributed by atoms with Crippen LogP contribution in [0.3, 0.4) is 0 Å². The van der Waals surface area contributed by atoms with Crippen molar-refractivity contribution in [1.29, 1.82) is 0 Å². The van der Waals surface area contributed by atoms with Crippen molar-refractivity contribution in [3.05, 3.63) is 72.1 Å². The minimum absolute atomic E-state index is 0. The maximum absolute atomic E-state index is 11.6. The number of allylic oxidation sites excluding steroid dienone is 4. The lowest BCUT2D eigenvalue weighted by Crippen LogP contribution is -2.40. The van der Waals surface area contributed by atoms with Crippen molar-refractivity contribution in [2.24, 2.45) is 0 Å². The van der Waals surface area contributed by atoms with E-state index in [4.69, 9.17) is 20.5 Å². The lowest BCUT2D eigenvalue weighted by atomic mass is 10.1. The first-order valence-corrected chi connectivity index (χ1v) is 11.3. The van der Waals surface area contributed by atoms with Gasteiger partial charge in [0, 0.05) is 52.9 Å². The average Bonchev–Trinajstić information content (AvgIpc) is 2.89. The summed E-state index contributed by atoms with van der Waals surface area (Å²) in [6.07, 6.45) is 7.34. The number of nitrogens with two attached hydrogens (primary N) is 1. The number of ether oxygens (including phenoxy) is 2. The highest BCUT2D eigenvalue weighted by molar-refractivity contribution is 5.41. The first-order valence-electron chi connectivity index (χ1n) is 11.3. The Morgan fingerprint density at radius 3 is 2.35 bits per heavy atom. The third-order valence-corrected chi connectivity index (χ3v) is 5.30. The van der Waals surface area contributed by atoms with Gasteiger partial charge in [0.25, 0.3) is 0 Å². The van der Waals surface area contributed by atoms with Crippen molar-refractivity contribution in [1.82, 2.24) is 15.4 Å². The van der Waals surface area contributed by atoms with E-state index in [1.807, 2.05) is 31.2 Å². The largest absolute Gasteiger partial charge is 0.573 e. The van der Waals surface area contributed by atoms with E-state index in [0.29, 0.717) is 11.6 Å². The molecule has 0 saturated carbocycles. The van der Waals surface area contributed by atoms with Crippen LogP contribution in [-0.4, -0.2) is 47.4 Å². The molecule has 1 fully saturated rings. The second-order valence-corrected chi connectivity index (χ2v) is 8.00. The number of hydrogen-bond acceptors (Lipinski definition) is 8. The van der Waals surface area contributed by atoms with Crippen molar-refractivity contribution in [3.8, 4) is 11.6 Å². The highest BCUT2D eigenvalue weighted by atomic mass is 19.4. The molecular formula is C26H39F3N4O4. The molecule has 11 heteroatoms. The predicted molar refractivity (Wildman–Crippen MR) is 140 cm³/mol. The summed E-state index contributed by atoms with van der Waals surface area (Å²) in [5.41, 5.74) is 9.21. The second-order valence-electron chi connectivity index (χ2n) is 8.00. The Hall–Kier alpha value is -3.41. The van der Waals surface area contributed by atoms with Crippen molar-refractivity contribution in [3.63, 3.8) is 0 Å². The number of hydrogen-bond donors (Lipinski definition) is 3. The van der Waals surface area contributed by atoms with E-state index in [2.05, 4.69) is 32.2 Å². The van der Waals surface area contributed by atoms with Crippen LogP contribution in [-0.2, 0) is 11.3 Å². The van der Waals surface area contributed by atoms with Gasteiger partial charge < -0.3 is 25.2 Å². The number of hydroxylamine groups is 1. The number of likely N-dealkylation sites (tertiary alicyclic amines) is 1. The van der Waals surface area contributed by atoms with Gasteiger partial charge in [-0.2, -0.15) is 0 Å². The molecule has 37 heavy (non-hydrogen) atoms. The van der Waals surface area contributed by atoms with Crippen LogP contribution in [0.25, 0.3) is 0 Å². The third kappa shape index (κ3) is 12.4. The molecule has 2 heterocycles. The fourth-order valence-corrected chi connectivity index (χ4v) is 3.51. The van der Waals surface area contributed by atoms with Crippen LogP contribution in [0.15, 0.2) is 66.6 Å². The first kappa shape index (κ1) is 31.6. The lowest BCUT2D eigenvalue weighted by Gasteiger charge is -2.31. The van der Waals surface area contributed by atoms with E-state index in [1.54, 1.807) is 0 Å². The molecule has 1 aliphatic heterocycles. The van der Waals surface area contributed by atoms with Gasteiger partial charge in [-0.1, -0.05) is 25.6 Å². The van der Waals surface area contributed by atoms with Crippen molar-refractivity contribution < 1.29 is 35.5 Å². The lowest BCUT2D eigenvalue weighted by molar-refractivity contribution is -0.274. The van der Waals surface area contributed by atoms with Gasteiger partial charge in [-0.15, -0.1) is 13.2 Å². The number of carbonyl (C=O) groups is 1. The molecular weight excluding hydrogens is 489 g/mol. The van der Waals surface area contributed by atoms with E-state index < -0.39 is 6.36 Å². The number of piperidine rings is 1. The van der Waals surface area contributed by atoms with Crippen LogP contribution in [0, 0.1) is 0 Å². The Balaban J connectivity index is 0. The standard InChI is InChI=1S/C17H23N3O2.C7H6F3NO.CH2O.CH4.2H2/c21-19-15-8-10-20(11-9-15)13-14-6-7-17(18-12-14)22-16-4-2-1-3-5-16;8-7(9,10)12-6-3-1-5(11)2-4-6;1-2;;;/h1-2,4,6-7,12,15,19,21H,3,5,8-11,13H2;1-4H,11H2;1H2;1H4;2*1H. The zero-order valence-corrected chi connectivity index (χ0v) is 19.8. The van der Waals surface area contributed by atoms with E-state index in [9.17, 15) is 13.2 Å². The summed E-state index contributed by atoms with van der Waals surface area (Å²) >= 11 is 0. The van der Waals surface area contributed by atoms with Crippen LogP contribution in [0.4, 0.5) is 18.9 Å². The van der Waals surface area contributed by atoms with Crippen LogP contribution in [0.5, 0.6) is 11.6 Å². The van der Waals surface area contributed by atoms with Crippen molar-refractivity contribution in [2.45, 2.75) is 52.1 Å². The van der Waals surface area contributed by atoms with Crippen LogP contribution >= 0.6 is 0 Å². The number of nitrogens with zero attached hydrogens (tertiary/aromatic N) is 2. The van der Waals surface area contributed by atoms with Crippen LogP contribution in [0.2, 0.25) is 0 Å². The molecule has 8 nitrogen and oxygen atoms in total. The molecule has 4 rings (SSSR count). The molecule has 4 N–H and O–H groups in total. The normalized spacial score (nSPS) is 15.6. The first-order chi connectivity index (χ1) is 17.3. The number of rotatable bonds is 6. The number of halogens is 3. The molecule has 0 radical (unpaired) electrons. The van der Waals surface area contributed by atoms with Gasteiger partial charge in [0.1, 0.15) is 18.3 Å². The molecule has 0 unspecified atom stereocenters. The smallest absolute Gasteiger partial charge is 0.443 e. The Labute approximate surface area is 218 Å². The SMILES string of the molecule is C.C=O.Nc1ccc(OC(F)(F)F)cc1.ONC1CCN(Cc2ccc(OC3=CC=CCC3)nc2)CC1.[HH].[HH]. The summed E-state index contributed by atoms with van der Waals surface area (Å²) in [6.45, 7) is 4.89. The molecule has 1 aliphatic carbocycles. The molecule has 0 bridgehead atoms. The molecule has 0 spiro atoms. The predicted octanol–water partition coefficient (Wildman–Crippen LogP) is 5.75. The summed E-state index contributed by atoms with van der Waals surface area (Å²) in [5.74, 6) is 1.37. The summed E-state index contributed by atoms with van der Waals surface area (Å²) in [4.78, 5) is 14.8. The van der Waals surface area contributed by atoms with Crippen molar-refractivity contribution >= 4 is 12.5 Å². The fourth-order valence-electron chi connectivity index (χ4n) is 3.51. The van der Waals surface area contributed by atoms with Gasteiger partial charge in [-0.3, -0.25) is 4.90 Å². The number of pyridine rings is 1. The van der Waals surface area contributed by atoms with Crippen molar-refractivity contribution in [2.75, 3.05) is 18.8 Å². The summed E-state index contributed by atoms with van der Waals surface area (Å²) < 4.78 is 44.1. The molecule has 2 aromatic rings. The highest BCUT2D eigenvalue weighted by Crippen LogP contribution is 2.23. The summed E-state index contributed by atoms with van der Waals surface area (Å²) in [5, 5.41) is 8.93. The number of benzene rings is 1. The number of anilines is 1. The monoisotopic (exact) mass is 528 g/mol. The van der Waals surface area contributed by atoms with Crippen LogP contribution < -0.4 is 20.7 Å². The van der Waals surface area contributed by atoms with Crippen LogP contribution in [0.1, 0.15) is 41.5 Å². The van der Waals surface area contributed by atoms with Gasteiger partial charge in [0.05, 0.1) is 0 Å². The Bertz CT molecular complexity index is 971. The molecule has 1 saturated heterocycles. The van der Waals surface area contributed by atoms with Gasteiger partial charge in [0.2, 0.25) is 5.88 Å². The molecule has 1 aromatic heterocycles. The number of aromatic nitrogens is 1. The number of alkyl halides is 3. The maximum Gasteiger partial charge on any atom is 0.573 e. The molecule has 1 aromatic carbocycles. The van der Waals surface area contributed by atoms with E-state index in [0.717, 1.165) is 63.2 Å². The van der Waals surface area contributed by atoms with Gasteiger partial charge in [0.15, 0.2) is 0 Å². The fraction of sp³-hybridized carbons (Fsp3) is 0.385. The Morgan fingerprint density at radius 2 is 1.84 bits per heavy atom. The number of nitrogen functional groups attached to an aromatic ring is 1. The molecule has 2 aliphatic rings. The van der Waals surface area contributed by atoms with Gasteiger partial charge >= 0.3 is 6.36 Å². The highest BCUT2D eigenvalue weighted by Gasteiger charge is 2.30. The molecule has 208 valence electrons. The molecule has 0 atom stereocenters. The van der Waals surface area contributed by atoms with Gasteiger partial charge in [-0.05, 0) is 55.2 Å². The third-order valence-electron chi connectivity index (χ3n) is 5.30. The van der Waals surface area contributed by atoms with E-state index in [-0.39, 0.29) is 22.1 Å². The summed E-state index contributed by atoms with van der Waals surface area (Å²) in [7, 11) is 0.